The predicted octanol–water partition coefficient (Wildman–Crippen LogP) is 4.25. The van der Waals surface area contributed by atoms with Crippen molar-refractivity contribution in [1.82, 2.24) is 5.32 Å². The van der Waals surface area contributed by atoms with Gasteiger partial charge < -0.3 is 10.1 Å². The Morgan fingerprint density at radius 3 is 2.50 bits per heavy atom. The molecule has 0 aliphatic rings. The Bertz CT molecular complexity index is 647. The first-order valence-electron chi connectivity index (χ1n) is 8.60. The zero-order valence-corrected chi connectivity index (χ0v) is 14.8. The SMILES string of the molecule is Cc1ccc(CCC(=O)NCCOc2ccccc2C(C)C)cc1. The fraction of sp³-hybridized carbons (Fsp3) is 0.381. The van der Waals surface area contributed by atoms with Crippen LogP contribution in [0.4, 0.5) is 0 Å². The predicted molar refractivity (Wildman–Crippen MR) is 98.5 cm³/mol. The second-order valence-corrected chi connectivity index (χ2v) is 6.38. The standard InChI is InChI=1S/C21H27NO2/c1-16(2)19-6-4-5-7-20(19)24-15-14-22-21(23)13-12-18-10-8-17(3)9-11-18/h4-11,16H,12-15H2,1-3H3,(H,22,23). The van der Waals surface area contributed by atoms with Gasteiger partial charge in [0.15, 0.2) is 0 Å². The Morgan fingerprint density at radius 2 is 1.79 bits per heavy atom. The summed E-state index contributed by atoms with van der Waals surface area (Å²) in [5, 5.41) is 2.92. The van der Waals surface area contributed by atoms with Gasteiger partial charge in [0.05, 0.1) is 6.54 Å². The van der Waals surface area contributed by atoms with E-state index in [4.69, 9.17) is 4.74 Å². The minimum absolute atomic E-state index is 0.0660. The number of ether oxygens (including phenoxy) is 1. The van der Waals surface area contributed by atoms with Crippen molar-refractivity contribution in [1.29, 1.82) is 0 Å². The van der Waals surface area contributed by atoms with E-state index in [9.17, 15) is 4.79 Å². The number of benzene rings is 2. The van der Waals surface area contributed by atoms with Gasteiger partial charge in [-0.2, -0.15) is 0 Å². The highest BCUT2D eigenvalue weighted by atomic mass is 16.5. The zero-order valence-electron chi connectivity index (χ0n) is 14.8. The van der Waals surface area contributed by atoms with Crippen molar-refractivity contribution < 1.29 is 9.53 Å². The van der Waals surface area contributed by atoms with Crippen molar-refractivity contribution in [3.8, 4) is 5.75 Å². The first-order valence-corrected chi connectivity index (χ1v) is 8.60. The van der Waals surface area contributed by atoms with Gasteiger partial charge in [0.1, 0.15) is 12.4 Å². The quantitative estimate of drug-likeness (QED) is 0.737. The molecule has 2 aromatic carbocycles. The number of carbonyl (C=O) groups excluding carboxylic acids is 1. The number of para-hydroxylation sites is 1. The van der Waals surface area contributed by atoms with E-state index >= 15 is 0 Å². The maximum absolute atomic E-state index is 11.9. The van der Waals surface area contributed by atoms with Crippen molar-refractivity contribution in [2.75, 3.05) is 13.2 Å². The maximum atomic E-state index is 11.9. The van der Waals surface area contributed by atoms with Crippen LogP contribution in [0.15, 0.2) is 48.5 Å². The van der Waals surface area contributed by atoms with Crippen molar-refractivity contribution in [2.45, 2.75) is 39.5 Å². The van der Waals surface area contributed by atoms with E-state index in [-0.39, 0.29) is 5.91 Å². The van der Waals surface area contributed by atoms with E-state index in [0.717, 1.165) is 12.2 Å². The number of hydrogen-bond acceptors (Lipinski definition) is 2. The van der Waals surface area contributed by atoms with Gasteiger partial charge in [-0.1, -0.05) is 61.9 Å². The van der Waals surface area contributed by atoms with Gasteiger partial charge in [-0.3, -0.25) is 4.79 Å². The normalized spacial score (nSPS) is 10.7. The zero-order chi connectivity index (χ0) is 17.4. The van der Waals surface area contributed by atoms with Crippen LogP contribution in [0.3, 0.4) is 0 Å². The van der Waals surface area contributed by atoms with Crippen LogP contribution < -0.4 is 10.1 Å². The molecule has 1 N–H and O–H groups in total. The van der Waals surface area contributed by atoms with Crippen molar-refractivity contribution >= 4 is 5.91 Å². The molecule has 0 atom stereocenters. The molecule has 0 aliphatic carbocycles. The number of hydrogen-bond donors (Lipinski definition) is 1. The van der Waals surface area contributed by atoms with Crippen LogP contribution in [0.5, 0.6) is 5.75 Å². The minimum Gasteiger partial charge on any atom is -0.491 e. The molecule has 2 aromatic rings. The molecule has 0 radical (unpaired) electrons. The lowest BCUT2D eigenvalue weighted by Crippen LogP contribution is -2.28. The minimum atomic E-state index is 0.0660. The summed E-state index contributed by atoms with van der Waals surface area (Å²) in [6, 6.07) is 16.4. The highest BCUT2D eigenvalue weighted by Crippen LogP contribution is 2.25. The average Bonchev–Trinajstić information content (AvgIpc) is 2.58. The number of rotatable bonds is 8. The summed E-state index contributed by atoms with van der Waals surface area (Å²) in [4.78, 5) is 11.9. The van der Waals surface area contributed by atoms with Crippen molar-refractivity contribution in [3.05, 3.63) is 65.2 Å². The largest absolute Gasteiger partial charge is 0.491 e. The fourth-order valence-electron chi connectivity index (χ4n) is 2.54. The Balaban J connectivity index is 1.69. The first kappa shape index (κ1) is 18.1. The molecule has 128 valence electrons. The van der Waals surface area contributed by atoms with Crippen LogP contribution in [0, 0.1) is 6.92 Å². The van der Waals surface area contributed by atoms with E-state index < -0.39 is 0 Å². The van der Waals surface area contributed by atoms with Gasteiger partial charge >= 0.3 is 0 Å². The van der Waals surface area contributed by atoms with Crippen LogP contribution in [0.1, 0.15) is 42.9 Å². The summed E-state index contributed by atoms with van der Waals surface area (Å²) in [5.41, 5.74) is 3.63. The van der Waals surface area contributed by atoms with E-state index in [1.807, 2.05) is 18.2 Å². The van der Waals surface area contributed by atoms with Crippen LogP contribution in [-0.4, -0.2) is 19.1 Å². The van der Waals surface area contributed by atoms with E-state index in [0.29, 0.717) is 25.5 Å². The van der Waals surface area contributed by atoms with Crippen LogP contribution >= 0.6 is 0 Å². The molecule has 0 aliphatic heterocycles. The molecule has 3 nitrogen and oxygen atoms in total. The van der Waals surface area contributed by atoms with Crippen LogP contribution in [0.25, 0.3) is 0 Å². The van der Waals surface area contributed by atoms with Gasteiger partial charge in [-0.05, 0) is 36.5 Å². The molecule has 0 spiro atoms. The number of amides is 1. The third-order valence-corrected chi connectivity index (χ3v) is 3.98. The van der Waals surface area contributed by atoms with Gasteiger partial charge in [0.25, 0.3) is 0 Å². The lowest BCUT2D eigenvalue weighted by atomic mass is 10.0. The summed E-state index contributed by atoms with van der Waals surface area (Å²) < 4.78 is 5.81. The molecule has 2 rings (SSSR count). The molecule has 24 heavy (non-hydrogen) atoms. The molecular formula is C21H27NO2. The lowest BCUT2D eigenvalue weighted by Gasteiger charge is -2.14. The first-order chi connectivity index (χ1) is 11.6. The van der Waals surface area contributed by atoms with Crippen LogP contribution in [0.2, 0.25) is 0 Å². The van der Waals surface area contributed by atoms with Crippen molar-refractivity contribution in [2.24, 2.45) is 0 Å². The smallest absolute Gasteiger partial charge is 0.220 e. The molecule has 1 amide bonds. The third kappa shape index (κ3) is 5.73. The molecule has 0 saturated carbocycles. The Morgan fingerprint density at radius 1 is 1.08 bits per heavy atom. The fourth-order valence-corrected chi connectivity index (χ4v) is 2.54. The summed E-state index contributed by atoms with van der Waals surface area (Å²) >= 11 is 0. The molecule has 3 heteroatoms. The van der Waals surface area contributed by atoms with Gasteiger partial charge in [-0.25, -0.2) is 0 Å². The van der Waals surface area contributed by atoms with Crippen molar-refractivity contribution in [3.63, 3.8) is 0 Å². The Labute approximate surface area is 145 Å². The monoisotopic (exact) mass is 325 g/mol. The lowest BCUT2D eigenvalue weighted by molar-refractivity contribution is -0.121. The molecular weight excluding hydrogens is 298 g/mol. The average molecular weight is 325 g/mol. The van der Waals surface area contributed by atoms with Gasteiger partial charge in [-0.15, -0.1) is 0 Å². The molecule has 0 aromatic heterocycles. The molecule has 0 fully saturated rings. The highest BCUT2D eigenvalue weighted by Gasteiger charge is 2.07. The number of nitrogens with one attached hydrogen (secondary N) is 1. The number of carbonyl (C=O) groups is 1. The Hall–Kier alpha value is -2.29. The summed E-state index contributed by atoms with van der Waals surface area (Å²) in [6.45, 7) is 7.37. The van der Waals surface area contributed by atoms with Gasteiger partial charge in [0.2, 0.25) is 5.91 Å². The molecule has 0 unspecified atom stereocenters. The summed E-state index contributed by atoms with van der Waals surface area (Å²) in [5.74, 6) is 1.39. The van der Waals surface area contributed by atoms with E-state index in [1.54, 1.807) is 0 Å². The molecule has 0 bridgehead atoms. The number of aryl methyl sites for hydroxylation is 2. The van der Waals surface area contributed by atoms with E-state index in [2.05, 4.69) is 56.4 Å². The maximum Gasteiger partial charge on any atom is 0.220 e. The molecule has 0 heterocycles. The van der Waals surface area contributed by atoms with Gasteiger partial charge in [0, 0.05) is 6.42 Å². The topological polar surface area (TPSA) is 38.3 Å². The van der Waals surface area contributed by atoms with E-state index in [1.165, 1.54) is 16.7 Å². The van der Waals surface area contributed by atoms with Crippen LogP contribution in [-0.2, 0) is 11.2 Å². The third-order valence-electron chi connectivity index (χ3n) is 3.98. The summed E-state index contributed by atoms with van der Waals surface area (Å²) in [6.07, 6.45) is 1.27. The Kier molecular flexibility index (Phi) is 6.86. The molecule has 0 saturated heterocycles. The second kappa shape index (κ2) is 9.11. The summed E-state index contributed by atoms with van der Waals surface area (Å²) in [7, 11) is 0. The second-order valence-electron chi connectivity index (χ2n) is 6.38. The highest BCUT2D eigenvalue weighted by molar-refractivity contribution is 5.76.